The maximum atomic E-state index is 12.7. The van der Waals surface area contributed by atoms with Crippen molar-refractivity contribution in [2.24, 2.45) is 0 Å². The van der Waals surface area contributed by atoms with Crippen molar-refractivity contribution < 1.29 is 4.79 Å². The van der Waals surface area contributed by atoms with Gasteiger partial charge in [-0.1, -0.05) is 54.6 Å². The highest BCUT2D eigenvalue weighted by molar-refractivity contribution is 7.18. The predicted molar refractivity (Wildman–Crippen MR) is 124 cm³/mol. The standard InChI is InChI=1S/C24H28N4OS/c1-26(18-23-25-21-11-5-6-12-22(21)30-23)19-24(29)28-16-14-27(15-17-28)13-7-10-20-8-3-2-4-9-20/h2-12H,13-19H2,1H3. The van der Waals surface area contributed by atoms with Gasteiger partial charge in [-0.05, 0) is 24.7 Å². The van der Waals surface area contributed by atoms with Crippen LogP contribution < -0.4 is 0 Å². The zero-order chi connectivity index (χ0) is 20.8. The highest BCUT2D eigenvalue weighted by Gasteiger charge is 2.21. The second-order valence-corrected chi connectivity index (χ2v) is 8.86. The van der Waals surface area contributed by atoms with E-state index in [9.17, 15) is 4.79 Å². The van der Waals surface area contributed by atoms with Crippen LogP contribution >= 0.6 is 11.3 Å². The Morgan fingerprint density at radius 1 is 1.07 bits per heavy atom. The second-order valence-electron chi connectivity index (χ2n) is 7.74. The molecule has 2 heterocycles. The zero-order valence-electron chi connectivity index (χ0n) is 17.4. The predicted octanol–water partition coefficient (Wildman–Crippen LogP) is 3.59. The molecule has 1 aliphatic rings. The van der Waals surface area contributed by atoms with Gasteiger partial charge in [-0.2, -0.15) is 0 Å². The summed E-state index contributed by atoms with van der Waals surface area (Å²) >= 11 is 1.70. The van der Waals surface area contributed by atoms with Crippen LogP contribution in [0.25, 0.3) is 16.3 Å². The van der Waals surface area contributed by atoms with Gasteiger partial charge in [0.2, 0.25) is 5.91 Å². The summed E-state index contributed by atoms with van der Waals surface area (Å²) in [5.41, 5.74) is 2.26. The van der Waals surface area contributed by atoms with Crippen LogP contribution in [0.3, 0.4) is 0 Å². The number of para-hydroxylation sites is 1. The van der Waals surface area contributed by atoms with Crippen molar-refractivity contribution >= 4 is 33.5 Å². The highest BCUT2D eigenvalue weighted by atomic mass is 32.1. The van der Waals surface area contributed by atoms with Crippen molar-refractivity contribution in [3.63, 3.8) is 0 Å². The van der Waals surface area contributed by atoms with Crippen molar-refractivity contribution in [1.29, 1.82) is 0 Å². The van der Waals surface area contributed by atoms with Crippen LogP contribution in [-0.2, 0) is 11.3 Å². The van der Waals surface area contributed by atoms with Gasteiger partial charge in [0.05, 0.1) is 23.3 Å². The Bertz CT molecular complexity index is 960. The smallest absolute Gasteiger partial charge is 0.236 e. The number of rotatable bonds is 7. The molecule has 1 aliphatic heterocycles. The van der Waals surface area contributed by atoms with Crippen molar-refractivity contribution in [1.82, 2.24) is 19.7 Å². The molecule has 0 spiro atoms. The number of thiazole rings is 1. The van der Waals surface area contributed by atoms with Crippen LogP contribution in [0.2, 0.25) is 0 Å². The van der Waals surface area contributed by atoms with E-state index in [0.717, 1.165) is 43.2 Å². The number of hydrogen-bond donors (Lipinski definition) is 0. The molecule has 0 saturated carbocycles. The maximum Gasteiger partial charge on any atom is 0.236 e. The van der Waals surface area contributed by atoms with E-state index in [1.165, 1.54) is 10.3 Å². The third kappa shape index (κ3) is 5.53. The summed E-state index contributed by atoms with van der Waals surface area (Å²) in [6.45, 7) is 5.51. The minimum Gasteiger partial charge on any atom is -0.339 e. The number of amides is 1. The molecule has 0 atom stereocenters. The average Bonchev–Trinajstić information content (AvgIpc) is 3.17. The summed E-state index contributed by atoms with van der Waals surface area (Å²) in [6, 6.07) is 18.5. The van der Waals surface area contributed by atoms with E-state index in [-0.39, 0.29) is 5.91 Å². The summed E-state index contributed by atoms with van der Waals surface area (Å²) in [6.07, 6.45) is 4.37. The molecule has 4 rings (SSSR count). The fraction of sp³-hybridized carbons (Fsp3) is 0.333. The molecule has 3 aromatic rings. The molecule has 0 bridgehead atoms. The fourth-order valence-electron chi connectivity index (χ4n) is 3.69. The Morgan fingerprint density at radius 3 is 2.57 bits per heavy atom. The summed E-state index contributed by atoms with van der Waals surface area (Å²) in [4.78, 5) is 23.8. The van der Waals surface area contributed by atoms with Gasteiger partial charge in [-0.25, -0.2) is 4.98 Å². The molecular formula is C24H28N4OS. The second kappa shape index (κ2) is 9.98. The van der Waals surface area contributed by atoms with Gasteiger partial charge in [-0.15, -0.1) is 11.3 Å². The van der Waals surface area contributed by atoms with E-state index < -0.39 is 0 Å². The van der Waals surface area contributed by atoms with Gasteiger partial charge in [0.15, 0.2) is 0 Å². The number of carbonyl (C=O) groups excluding carboxylic acids is 1. The van der Waals surface area contributed by atoms with Crippen LogP contribution in [0.1, 0.15) is 10.6 Å². The van der Waals surface area contributed by atoms with Gasteiger partial charge in [0, 0.05) is 32.7 Å². The minimum atomic E-state index is 0.207. The number of likely N-dealkylation sites (N-methyl/N-ethyl adjacent to an activating group) is 1. The number of nitrogens with zero attached hydrogens (tertiary/aromatic N) is 4. The van der Waals surface area contributed by atoms with Crippen LogP contribution in [0, 0.1) is 0 Å². The van der Waals surface area contributed by atoms with Crippen molar-refractivity contribution in [2.45, 2.75) is 6.54 Å². The zero-order valence-corrected chi connectivity index (χ0v) is 18.2. The van der Waals surface area contributed by atoms with E-state index in [1.807, 2.05) is 36.2 Å². The quantitative estimate of drug-likeness (QED) is 0.586. The van der Waals surface area contributed by atoms with Gasteiger partial charge >= 0.3 is 0 Å². The topological polar surface area (TPSA) is 39.7 Å². The largest absolute Gasteiger partial charge is 0.339 e. The van der Waals surface area contributed by atoms with E-state index >= 15 is 0 Å². The number of aromatic nitrogens is 1. The number of benzene rings is 2. The lowest BCUT2D eigenvalue weighted by molar-refractivity contribution is -0.133. The molecule has 6 heteroatoms. The van der Waals surface area contributed by atoms with Crippen molar-refractivity contribution in [2.75, 3.05) is 46.3 Å². The van der Waals surface area contributed by atoms with E-state index in [0.29, 0.717) is 13.1 Å². The fourth-order valence-corrected chi connectivity index (χ4v) is 4.73. The lowest BCUT2D eigenvalue weighted by atomic mass is 10.2. The lowest BCUT2D eigenvalue weighted by Crippen LogP contribution is -2.50. The number of carbonyl (C=O) groups is 1. The third-order valence-electron chi connectivity index (χ3n) is 5.35. The summed E-state index contributed by atoms with van der Waals surface area (Å²) in [5.74, 6) is 0.207. The van der Waals surface area contributed by atoms with Crippen molar-refractivity contribution in [3.8, 4) is 0 Å². The Hall–Kier alpha value is -2.54. The molecule has 0 radical (unpaired) electrons. The molecule has 1 fully saturated rings. The van der Waals surface area contributed by atoms with E-state index in [4.69, 9.17) is 0 Å². The Morgan fingerprint density at radius 2 is 1.80 bits per heavy atom. The number of piperazine rings is 1. The van der Waals surface area contributed by atoms with Crippen molar-refractivity contribution in [3.05, 3.63) is 71.2 Å². The first-order valence-corrected chi connectivity index (χ1v) is 11.2. The minimum absolute atomic E-state index is 0.207. The Labute approximate surface area is 182 Å². The molecule has 0 N–H and O–H groups in total. The number of fused-ring (bicyclic) bond motifs is 1. The normalized spacial score (nSPS) is 15.5. The monoisotopic (exact) mass is 420 g/mol. The van der Waals surface area contributed by atoms with Gasteiger partial charge in [-0.3, -0.25) is 14.6 Å². The van der Waals surface area contributed by atoms with Gasteiger partial charge in [0.25, 0.3) is 0 Å². The molecular weight excluding hydrogens is 392 g/mol. The summed E-state index contributed by atoms with van der Waals surface area (Å²) < 4.78 is 1.20. The van der Waals surface area contributed by atoms with Gasteiger partial charge in [0.1, 0.15) is 5.01 Å². The molecule has 1 aromatic heterocycles. The first-order valence-electron chi connectivity index (χ1n) is 10.4. The SMILES string of the molecule is CN(CC(=O)N1CCN(CC=Cc2ccccc2)CC1)Cc1nc2ccccc2s1. The summed E-state index contributed by atoms with van der Waals surface area (Å²) in [7, 11) is 1.99. The molecule has 30 heavy (non-hydrogen) atoms. The lowest BCUT2D eigenvalue weighted by Gasteiger charge is -2.35. The van der Waals surface area contributed by atoms with Crippen LogP contribution in [0.4, 0.5) is 0 Å². The van der Waals surface area contributed by atoms with Gasteiger partial charge < -0.3 is 4.90 Å². The molecule has 156 valence electrons. The number of hydrogen-bond acceptors (Lipinski definition) is 5. The van der Waals surface area contributed by atoms with E-state index in [1.54, 1.807) is 11.3 Å². The highest BCUT2D eigenvalue weighted by Crippen LogP contribution is 2.22. The van der Waals surface area contributed by atoms with E-state index in [2.05, 4.69) is 57.3 Å². The summed E-state index contributed by atoms with van der Waals surface area (Å²) in [5, 5.41) is 1.06. The first kappa shape index (κ1) is 20.7. The van der Waals surface area contributed by atoms with Crippen LogP contribution in [-0.4, -0.2) is 71.9 Å². The average molecular weight is 421 g/mol. The van der Waals surface area contributed by atoms with Crippen LogP contribution in [0.15, 0.2) is 60.7 Å². The Kier molecular flexibility index (Phi) is 6.89. The third-order valence-corrected chi connectivity index (χ3v) is 6.37. The molecule has 1 amide bonds. The molecule has 0 aliphatic carbocycles. The van der Waals surface area contributed by atoms with Crippen LogP contribution in [0.5, 0.6) is 0 Å². The maximum absolute atomic E-state index is 12.7. The Balaban J connectivity index is 1.20. The first-order chi connectivity index (χ1) is 14.7. The molecule has 0 unspecified atom stereocenters. The molecule has 5 nitrogen and oxygen atoms in total. The molecule has 2 aromatic carbocycles. The molecule has 1 saturated heterocycles.